The van der Waals surface area contributed by atoms with Crippen LogP contribution in [0, 0.1) is 0 Å². The Morgan fingerprint density at radius 3 is 2.59 bits per heavy atom. The summed E-state index contributed by atoms with van der Waals surface area (Å²) in [6.45, 7) is 3.83. The predicted molar refractivity (Wildman–Crippen MR) is 110 cm³/mol. The van der Waals surface area contributed by atoms with Gasteiger partial charge in [-0.1, -0.05) is 12.1 Å². The zero-order valence-electron chi connectivity index (χ0n) is 16.3. The molecule has 0 saturated heterocycles. The molecule has 0 spiro atoms. The number of benzene rings is 1. The minimum atomic E-state index is -0.631. The number of anilines is 1. The van der Waals surface area contributed by atoms with Crippen LogP contribution < -0.4 is 10.1 Å². The van der Waals surface area contributed by atoms with E-state index in [1.165, 1.54) is 0 Å². The second-order valence-corrected chi connectivity index (χ2v) is 7.59. The number of hydrogen-bond donors (Lipinski definition) is 1. The Bertz CT molecular complexity index is 1260. The monoisotopic (exact) mass is 385 g/mol. The van der Waals surface area contributed by atoms with Gasteiger partial charge in [-0.3, -0.25) is 9.36 Å². The normalized spacial score (nSPS) is 14.7. The average Bonchev–Trinajstić information content (AvgIpc) is 3.16. The van der Waals surface area contributed by atoms with Crippen molar-refractivity contribution < 1.29 is 9.53 Å². The highest BCUT2D eigenvalue weighted by atomic mass is 16.5. The number of carbonyl (C=O) groups excluding carboxylic acids is 1. The molecule has 144 valence electrons. The molecule has 4 heterocycles. The van der Waals surface area contributed by atoms with Crippen molar-refractivity contribution in [3.05, 3.63) is 60.4 Å². The van der Waals surface area contributed by atoms with Crippen LogP contribution in [0.4, 0.5) is 5.82 Å². The molecule has 0 saturated carbocycles. The topological polar surface area (TPSA) is 81.9 Å². The van der Waals surface area contributed by atoms with Crippen LogP contribution in [0.15, 0.2) is 54.9 Å². The Balaban J connectivity index is 1.48. The zero-order valence-corrected chi connectivity index (χ0v) is 16.3. The van der Waals surface area contributed by atoms with E-state index < -0.39 is 5.41 Å². The summed E-state index contributed by atoms with van der Waals surface area (Å²) < 4.78 is 7.79. The molecule has 1 aromatic carbocycles. The van der Waals surface area contributed by atoms with Crippen molar-refractivity contribution in [3.63, 3.8) is 0 Å². The molecule has 4 aromatic rings. The number of aryl methyl sites for hydroxylation is 1. The van der Waals surface area contributed by atoms with E-state index in [-0.39, 0.29) is 5.91 Å². The highest BCUT2D eigenvalue weighted by Gasteiger charge is 2.41. The molecule has 0 radical (unpaired) electrons. The van der Waals surface area contributed by atoms with Gasteiger partial charge in [0.25, 0.3) is 0 Å². The van der Waals surface area contributed by atoms with Crippen LogP contribution in [-0.4, -0.2) is 25.4 Å². The molecule has 5 rings (SSSR count). The number of ether oxygens (including phenoxy) is 1. The number of aromatic nitrogens is 4. The quantitative estimate of drug-likeness (QED) is 0.575. The van der Waals surface area contributed by atoms with E-state index in [0.29, 0.717) is 17.6 Å². The molecule has 0 atom stereocenters. The molecule has 1 aliphatic rings. The van der Waals surface area contributed by atoms with Crippen molar-refractivity contribution in [3.8, 4) is 22.9 Å². The van der Waals surface area contributed by atoms with Crippen LogP contribution in [0.2, 0.25) is 0 Å². The van der Waals surface area contributed by atoms with Crippen molar-refractivity contribution >= 4 is 22.9 Å². The third kappa shape index (κ3) is 2.66. The number of amides is 1. The number of nitrogens with zero attached hydrogens (tertiary/aromatic N) is 4. The Morgan fingerprint density at radius 1 is 1.03 bits per heavy atom. The zero-order chi connectivity index (χ0) is 20.2. The number of nitrogens with one attached hydrogen (secondary N) is 1. The van der Waals surface area contributed by atoms with Gasteiger partial charge in [0.15, 0.2) is 5.65 Å². The SMILES string of the molecule is Cn1c(Oc2ccc(-c3ccnc4c3C(C)(C)C(=O)N4)cc2)nc2cccnc21. The van der Waals surface area contributed by atoms with Crippen LogP contribution in [0.5, 0.6) is 11.8 Å². The van der Waals surface area contributed by atoms with Gasteiger partial charge in [-0.25, -0.2) is 9.97 Å². The Kier molecular flexibility index (Phi) is 3.67. The Labute approximate surface area is 167 Å². The van der Waals surface area contributed by atoms with E-state index in [1.807, 2.05) is 67.9 Å². The van der Waals surface area contributed by atoms with Gasteiger partial charge in [0, 0.05) is 25.0 Å². The van der Waals surface area contributed by atoms with E-state index in [4.69, 9.17) is 4.74 Å². The number of rotatable bonds is 3. The lowest BCUT2D eigenvalue weighted by atomic mass is 9.82. The third-order valence-corrected chi connectivity index (χ3v) is 5.34. The van der Waals surface area contributed by atoms with E-state index in [2.05, 4.69) is 20.3 Å². The Hall–Kier alpha value is -3.74. The lowest BCUT2D eigenvalue weighted by molar-refractivity contribution is -0.119. The number of imidazole rings is 1. The maximum Gasteiger partial charge on any atom is 0.303 e. The van der Waals surface area contributed by atoms with Crippen LogP contribution in [-0.2, 0) is 17.3 Å². The first-order valence-electron chi connectivity index (χ1n) is 9.32. The molecule has 0 unspecified atom stereocenters. The summed E-state index contributed by atoms with van der Waals surface area (Å²) in [7, 11) is 1.87. The fourth-order valence-electron chi connectivity index (χ4n) is 3.71. The van der Waals surface area contributed by atoms with Gasteiger partial charge >= 0.3 is 6.01 Å². The van der Waals surface area contributed by atoms with E-state index in [0.717, 1.165) is 27.9 Å². The summed E-state index contributed by atoms with van der Waals surface area (Å²) in [6.07, 6.45) is 3.45. The van der Waals surface area contributed by atoms with Gasteiger partial charge in [-0.05, 0) is 55.3 Å². The summed E-state index contributed by atoms with van der Waals surface area (Å²) in [5, 5.41) is 2.87. The van der Waals surface area contributed by atoms with E-state index in [9.17, 15) is 4.79 Å². The molecule has 3 aromatic heterocycles. The molecule has 0 bridgehead atoms. The van der Waals surface area contributed by atoms with Crippen molar-refractivity contribution in [1.29, 1.82) is 0 Å². The number of hydrogen-bond acceptors (Lipinski definition) is 5. The highest BCUT2D eigenvalue weighted by Crippen LogP contribution is 2.42. The van der Waals surface area contributed by atoms with Crippen LogP contribution in [0.1, 0.15) is 19.4 Å². The molecule has 7 heteroatoms. The lowest BCUT2D eigenvalue weighted by Crippen LogP contribution is -2.27. The second-order valence-electron chi connectivity index (χ2n) is 7.59. The predicted octanol–water partition coefficient (Wildman–Crippen LogP) is 4.05. The minimum absolute atomic E-state index is 0.0390. The standard InChI is InChI=1S/C22H19N5O2/c1-22(2)17-15(10-12-23-18(17)26-20(22)28)13-6-8-14(9-7-13)29-21-25-16-5-4-11-24-19(16)27(21)3/h4-12H,1-3H3,(H,23,26,28). The molecule has 29 heavy (non-hydrogen) atoms. The van der Waals surface area contributed by atoms with E-state index >= 15 is 0 Å². The first-order valence-corrected chi connectivity index (χ1v) is 9.32. The van der Waals surface area contributed by atoms with E-state index in [1.54, 1.807) is 12.4 Å². The summed E-state index contributed by atoms with van der Waals surface area (Å²) in [6, 6.07) is 13.9. The number of pyridine rings is 2. The van der Waals surface area contributed by atoms with Gasteiger partial charge < -0.3 is 10.1 Å². The van der Waals surface area contributed by atoms with Crippen LogP contribution in [0.25, 0.3) is 22.3 Å². The van der Waals surface area contributed by atoms with Crippen LogP contribution in [0.3, 0.4) is 0 Å². The van der Waals surface area contributed by atoms with Gasteiger partial charge in [0.05, 0.1) is 5.41 Å². The minimum Gasteiger partial charge on any atom is -0.425 e. The largest absolute Gasteiger partial charge is 0.425 e. The highest BCUT2D eigenvalue weighted by molar-refractivity contribution is 6.06. The molecule has 1 N–H and O–H groups in total. The maximum atomic E-state index is 12.3. The summed E-state index contributed by atoms with van der Waals surface area (Å²) >= 11 is 0. The fourth-order valence-corrected chi connectivity index (χ4v) is 3.71. The van der Waals surface area contributed by atoms with Crippen molar-refractivity contribution in [2.45, 2.75) is 19.3 Å². The molecule has 0 aliphatic carbocycles. The fraction of sp³-hybridized carbons (Fsp3) is 0.182. The average molecular weight is 385 g/mol. The molecule has 1 amide bonds. The van der Waals surface area contributed by atoms with Crippen molar-refractivity contribution in [2.75, 3.05) is 5.32 Å². The van der Waals surface area contributed by atoms with Gasteiger partial charge in [-0.2, -0.15) is 4.98 Å². The van der Waals surface area contributed by atoms with Crippen LogP contribution >= 0.6 is 0 Å². The maximum absolute atomic E-state index is 12.3. The summed E-state index contributed by atoms with van der Waals surface area (Å²) in [4.78, 5) is 25.5. The number of carbonyl (C=O) groups is 1. The van der Waals surface area contributed by atoms with Crippen molar-refractivity contribution in [1.82, 2.24) is 19.5 Å². The van der Waals surface area contributed by atoms with Gasteiger partial charge in [0.1, 0.15) is 17.1 Å². The molecular weight excluding hydrogens is 366 g/mol. The first-order chi connectivity index (χ1) is 13.9. The number of fused-ring (bicyclic) bond motifs is 2. The third-order valence-electron chi connectivity index (χ3n) is 5.34. The smallest absolute Gasteiger partial charge is 0.303 e. The first kappa shape index (κ1) is 17.4. The van der Waals surface area contributed by atoms with Crippen molar-refractivity contribution in [2.24, 2.45) is 7.05 Å². The summed E-state index contributed by atoms with van der Waals surface area (Å²) in [5.41, 5.74) is 3.82. The lowest BCUT2D eigenvalue weighted by Gasteiger charge is -2.18. The molecule has 1 aliphatic heterocycles. The molecule has 0 fully saturated rings. The van der Waals surface area contributed by atoms with Gasteiger partial charge in [-0.15, -0.1) is 0 Å². The molecule has 7 nitrogen and oxygen atoms in total. The van der Waals surface area contributed by atoms with Gasteiger partial charge in [0.2, 0.25) is 5.91 Å². The summed E-state index contributed by atoms with van der Waals surface area (Å²) in [5.74, 6) is 1.26. The molecular formula is C22H19N5O2. The second kappa shape index (κ2) is 6.13. The Morgan fingerprint density at radius 2 is 1.83 bits per heavy atom.